The van der Waals surface area contributed by atoms with Gasteiger partial charge < -0.3 is 5.32 Å². The number of amides is 1. The molecule has 6 nitrogen and oxygen atoms in total. The fourth-order valence-electron chi connectivity index (χ4n) is 3.64. The molecular weight excluding hydrogens is 338 g/mol. The van der Waals surface area contributed by atoms with E-state index in [1.54, 1.807) is 7.05 Å². The molecule has 3 aromatic rings. The van der Waals surface area contributed by atoms with Crippen molar-refractivity contribution in [3.8, 4) is 17.1 Å². The number of nitrogens with one attached hydrogen (secondary N) is 1. The summed E-state index contributed by atoms with van der Waals surface area (Å²) in [6.07, 6.45) is 5.43. The molecule has 6 heteroatoms. The molecule has 0 saturated heterocycles. The molecule has 0 saturated carbocycles. The van der Waals surface area contributed by atoms with Gasteiger partial charge in [-0.15, -0.1) is 0 Å². The number of pyridine rings is 1. The van der Waals surface area contributed by atoms with Crippen molar-refractivity contribution in [2.24, 2.45) is 0 Å². The number of nitrogens with zero attached hydrogens (tertiary/aromatic N) is 4. The van der Waals surface area contributed by atoms with Crippen molar-refractivity contribution in [2.75, 3.05) is 7.05 Å². The second kappa shape index (κ2) is 6.95. The highest BCUT2D eigenvalue weighted by atomic mass is 16.1. The number of fused-ring (bicyclic) bond motifs is 1. The summed E-state index contributed by atoms with van der Waals surface area (Å²) in [5, 5.41) is 7.28. The Kier molecular flexibility index (Phi) is 4.48. The van der Waals surface area contributed by atoms with Crippen LogP contribution in [0.25, 0.3) is 17.1 Å². The molecule has 1 aliphatic rings. The van der Waals surface area contributed by atoms with E-state index in [0.717, 1.165) is 41.2 Å². The first-order chi connectivity index (χ1) is 13.0. The standard InChI is InChI=1S/C21H23N5O/c1-13-9-14(2)23-12-18(13)21-24-19(11-20(27)22-3)25-26(21)17-8-7-15-5-4-6-16(15)10-17/h7-10,12H,4-6,11H2,1-3H3,(H,22,27). The SMILES string of the molecule is CNC(=O)Cc1nc(-c2cnc(C)cc2C)n(-c2ccc3c(c2)CCC3)n1. The lowest BCUT2D eigenvalue weighted by Crippen LogP contribution is -2.20. The zero-order valence-electron chi connectivity index (χ0n) is 15.9. The van der Waals surface area contributed by atoms with Crippen molar-refractivity contribution in [1.29, 1.82) is 0 Å². The molecule has 2 heterocycles. The number of carbonyl (C=O) groups excluding carboxylic acids is 1. The van der Waals surface area contributed by atoms with Crippen LogP contribution < -0.4 is 5.32 Å². The number of carbonyl (C=O) groups is 1. The summed E-state index contributed by atoms with van der Waals surface area (Å²) in [6.45, 7) is 4.02. The smallest absolute Gasteiger partial charge is 0.227 e. The predicted molar refractivity (Wildman–Crippen MR) is 104 cm³/mol. The van der Waals surface area contributed by atoms with Crippen LogP contribution in [0.4, 0.5) is 0 Å². The van der Waals surface area contributed by atoms with Gasteiger partial charge >= 0.3 is 0 Å². The molecule has 27 heavy (non-hydrogen) atoms. The third-order valence-corrected chi connectivity index (χ3v) is 5.06. The molecule has 138 valence electrons. The van der Waals surface area contributed by atoms with Gasteiger partial charge in [0, 0.05) is 24.5 Å². The molecule has 0 fully saturated rings. The maximum Gasteiger partial charge on any atom is 0.227 e. The topological polar surface area (TPSA) is 72.7 Å². The monoisotopic (exact) mass is 361 g/mol. The summed E-state index contributed by atoms with van der Waals surface area (Å²) in [5.74, 6) is 1.12. The van der Waals surface area contributed by atoms with E-state index in [9.17, 15) is 4.79 Å². The summed E-state index contributed by atoms with van der Waals surface area (Å²) in [6, 6.07) is 8.50. The van der Waals surface area contributed by atoms with Crippen LogP contribution in [0.2, 0.25) is 0 Å². The van der Waals surface area contributed by atoms with Gasteiger partial charge in [-0.25, -0.2) is 9.67 Å². The third kappa shape index (κ3) is 3.35. The molecule has 0 spiro atoms. The number of benzene rings is 1. The second-order valence-electron chi connectivity index (χ2n) is 7.06. The van der Waals surface area contributed by atoms with Gasteiger partial charge in [0.1, 0.15) is 0 Å². The van der Waals surface area contributed by atoms with Crippen LogP contribution in [0, 0.1) is 13.8 Å². The zero-order valence-corrected chi connectivity index (χ0v) is 15.9. The minimum Gasteiger partial charge on any atom is -0.359 e. The molecule has 1 N–H and O–H groups in total. The molecular formula is C21H23N5O. The van der Waals surface area contributed by atoms with E-state index < -0.39 is 0 Å². The lowest BCUT2D eigenvalue weighted by atomic mass is 10.1. The molecule has 0 bridgehead atoms. The number of hydrogen-bond donors (Lipinski definition) is 1. The van der Waals surface area contributed by atoms with Crippen LogP contribution in [-0.2, 0) is 24.1 Å². The van der Waals surface area contributed by atoms with Crippen molar-refractivity contribution in [1.82, 2.24) is 25.1 Å². The Bertz CT molecular complexity index is 1020. The molecule has 1 amide bonds. The molecule has 0 radical (unpaired) electrons. The summed E-state index contributed by atoms with van der Waals surface area (Å²) in [4.78, 5) is 20.9. The van der Waals surface area contributed by atoms with Crippen molar-refractivity contribution in [2.45, 2.75) is 39.5 Å². The molecule has 1 aliphatic carbocycles. The molecule has 0 atom stereocenters. The highest BCUT2D eigenvalue weighted by molar-refractivity contribution is 5.77. The lowest BCUT2D eigenvalue weighted by molar-refractivity contribution is -0.120. The van der Waals surface area contributed by atoms with Crippen LogP contribution in [0.3, 0.4) is 0 Å². The lowest BCUT2D eigenvalue weighted by Gasteiger charge is -2.10. The van der Waals surface area contributed by atoms with Crippen LogP contribution in [0.1, 0.15) is 34.6 Å². The van der Waals surface area contributed by atoms with Crippen molar-refractivity contribution >= 4 is 5.91 Å². The largest absolute Gasteiger partial charge is 0.359 e. The Hall–Kier alpha value is -3.02. The maximum absolute atomic E-state index is 11.8. The Balaban J connectivity index is 1.84. The first kappa shape index (κ1) is 17.4. The van der Waals surface area contributed by atoms with Gasteiger partial charge in [-0.05, 0) is 68.0 Å². The fourth-order valence-corrected chi connectivity index (χ4v) is 3.64. The first-order valence-corrected chi connectivity index (χ1v) is 9.27. The van der Waals surface area contributed by atoms with Crippen molar-refractivity contribution in [3.63, 3.8) is 0 Å². The van der Waals surface area contributed by atoms with Gasteiger partial charge in [-0.3, -0.25) is 9.78 Å². The summed E-state index contributed by atoms with van der Waals surface area (Å²) in [5.41, 5.74) is 6.74. The first-order valence-electron chi connectivity index (χ1n) is 9.27. The van der Waals surface area contributed by atoms with Crippen molar-refractivity contribution in [3.05, 3.63) is 58.7 Å². The van der Waals surface area contributed by atoms with E-state index in [0.29, 0.717) is 5.82 Å². The van der Waals surface area contributed by atoms with Crippen LogP contribution in [-0.4, -0.2) is 32.7 Å². The summed E-state index contributed by atoms with van der Waals surface area (Å²) < 4.78 is 1.84. The number of aryl methyl sites for hydroxylation is 4. The normalized spacial score (nSPS) is 12.9. The molecule has 0 aliphatic heterocycles. The van der Waals surface area contributed by atoms with Gasteiger partial charge in [-0.1, -0.05) is 6.07 Å². The quantitative estimate of drug-likeness (QED) is 0.775. The zero-order chi connectivity index (χ0) is 19.0. The summed E-state index contributed by atoms with van der Waals surface area (Å²) >= 11 is 0. The predicted octanol–water partition coefficient (Wildman–Crippen LogP) is 2.72. The highest BCUT2D eigenvalue weighted by Gasteiger charge is 2.19. The van der Waals surface area contributed by atoms with Gasteiger partial charge in [0.2, 0.25) is 5.91 Å². The Labute approximate surface area is 158 Å². The Morgan fingerprint density at radius 3 is 2.78 bits per heavy atom. The molecule has 2 aromatic heterocycles. The van der Waals surface area contributed by atoms with E-state index in [1.165, 1.54) is 17.5 Å². The van der Waals surface area contributed by atoms with Gasteiger partial charge in [0.25, 0.3) is 0 Å². The van der Waals surface area contributed by atoms with Crippen LogP contribution >= 0.6 is 0 Å². The number of likely N-dealkylation sites (N-methyl/N-ethyl adjacent to an activating group) is 1. The maximum atomic E-state index is 11.8. The third-order valence-electron chi connectivity index (χ3n) is 5.06. The van der Waals surface area contributed by atoms with Gasteiger partial charge in [0.15, 0.2) is 11.6 Å². The van der Waals surface area contributed by atoms with E-state index in [1.807, 2.05) is 30.8 Å². The number of rotatable bonds is 4. The molecule has 0 unspecified atom stereocenters. The average Bonchev–Trinajstić information content (AvgIpc) is 3.27. The van der Waals surface area contributed by atoms with Crippen LogP contribution in [0.5, 0.6) is 0 Å². The van der Waals surface area contributed by atoms with Crippen molar-refractivity contribution < 1.29 is 4.79 Å². The van der Waals surface area contributed by atoms with Gasteiger partial charge in [0.05, 0.1) is 12.1 Å². The fraction of sp³-hybridized carbons (Fsp3) is 0.333. The number of hydrogen-bond acceptors (Lipinski definition) is 4. The summed E-state index contributed by atoms with van der Waals surface area (Å²) in [7, 11) is 1.62. The van der Waals surface area contributed by atoms with E-state index in [4.69, 9.17) is 0 Å². The average molecular weight is 361 g/mol. The minimum absolute atomic E-state index is 0.105. The van der Waals surface area contributed by atoms with E-state index in [2.05, 4.69) is 38.6 Å². The Morgan fingerprint density at radius 2 is 2.00 bits per heavy atom. The van der Waals surface area contributed by atoms with E-state index in [-0.39, 0.29) is 12.3 Å². The number of aromatic nitrogens is 4. The minimum atomic E-state index is -0.105. The van der Waals surface area contributed by atoms with Crippen LogP contribution in [0.15, 0.2) is 30.5 Å². The van der Waals surface area contributed by atoms with Gasteiger partial charge in [-0.2, -0.15) is 5.10 Å². The molecule has 4 rings (SSSR count). The Morgan fingerprint density at radius 1 is 1.19 bits per heavy atom. The van der Waals surface area contributed by atoms with E-state index >= 15 is 0 Å². The molecule has 1 aromatic carbocycles. The second-order valence-corrected chi connectivity index (χ2v) is 7.06. The highest BCUT2D eigenvalue weighted by Crippen LogP contribution is 2.28.